The van der Waals surface area contributed by atoms with E-state index in [1.165, 1.54) is 0 Å². The Morgan fingerprint density at radius 1 is 1.16 bits per heavy atom. The minimum Gasteiger partial charge on any atom is -0.462 e. The van der Waals surface area contributed by atoms with Crippen LogP contribution in [0.1, 0.15) is 66.3 Å². The highest BCUT2D eigenvalue weighted by Crippen LogP contribution is 2.33. The molecule has 132 valence electrons. The lowest BCUT2D eigenvalue weighted by Gasteiger charge is -2.18. The highest BCUT2D eigenvalue weighted by molar-refractivity contribution is 6.09. The highest BCUT2D eigenvalue weighted by atomic mass is 16.5. The van der Waals surface area contributed by atoms with Crippen LogP contribution in [0.4, 0.5) is 0 Å². The standard InChI is InChI=1S/C21H25NO3/c1-14(2)25-21(24)17-11-7-8-12-22-18(17)13-15(3)19(22)20(23)16-9-5-4-6-10-16/h4-6,9-10,13-14,17H,7-8,11-12H2,1-3H3. The van der Waals surface area contributed by atoms with Crippen molar-refractivity contribution in [3.8, 4) is 0 Å². The van der Waals surface area contributed by atoms with Crippen LogP contribution in [0, 0.1) is 6.92 Å². The van der Waals surface area contributed by atoms with E-state index in [-0.39, 0.29) is 23.8 Å². The van der Waals surface area contributed by atoms with Crippen LogP contribution in [0.3, 0.4) is 0 Å². The predicted octanol–water partition coefficient (Wildman–Crippen LogP) is 4.25. The van der Waals surface area contributed by atoms with E-state index in [1.54, 1.807) is 0 Å². The van der Waals surface area contributed by atoms with Gasteiger partial charge in [0.1, 0.15) is 0 Å². The predicted molar refractivity (Wildman–Crippen MR) is 96.9 cm³/mol. The Hall–Kier alpha value is -2.36. The van der Waals surface area contributed by atoms with Crippen LogP contribution in [-0.2, 0) is 16.1 Å². The Bertz CT molecular complexity index is 774. The van der Waals surface area contributed by atoms with Gasteiger partial charge >= 0.3 is 5.97 Å². The molecular weight excluding hydrogens is 314 g/mol. The number of hydrogen-bond donors (Lipinski definition) is 0. The number of aryl methyl sites for hydroxylation is 1. The molecule has 0 spiro atoms. The second-order valence-corrected chi connectivity index (χ2v) is 6.98. The Morgan fingerprint density at radius 2 is 1.88 bits per heavy atom. The number of carbonyl (C=O) groups is 2. The summed E-state index contributed by atoms with van der Waals surface area (Å²) in [6.45, 7) is 6.44. The van der Waals surface area contributed by atoms with Gasteiger partial charge in [0.05, 0.1) is 17.7 Å². The maximum Gasteiger partial charge on any atom is 0.315 e. The van der Waals surface area contributed by atoms with E-state index in [0.717, 1.165) is 37.1 Å². The van der Waals surface area contributed by atoms with Gasteiger partial charge in [-0.2, -0.15) is 0 Å². The minimum absolute atomic E-state index is 0.0160. The average Bonchev–Trinajstić information content (AvgIpc) is 2.76. The zero-order valence-electron chi connectivity index (χ0n) is 15.1. The van der Waals surface area contributed by atoms with Gasteiger partial charge in [-0.05, 0) is 45.2 Å². The third-order valence-electron chi connectivity index (χ3n) is 4.69. The van der Waals surface area contributed by atoms with E-state index in [2.05, 4.69) is 0 Å². The summed E-state index contributed by atoms with van der Waals surface area (Å²) in [5.74, 6) is -0.461. The van der Waals surface area contributed by atoms with Gasteiger partial charge in [-0.1, -0.05) is 36.8 Å². The smallest absolute Gasteiger partial charge is 0.315 e. The van der Waals surface area contributed by atoms with Crippen molar-refractivity contribution in [1.29, 1.82) is 0 Å². The van der Waals surface area contributed by atoms with Crippen molar-refractivity contribution in [1.82, 2.24) is 4.57 Å². The fraction of sp³-hybridized carbons (Fsp3) is 0.429. The lowest BCUT2D eigenvalue weighted by Crippen LogP contribution is -2.21. The van der Waals surface area contributed by atoms with Crippen LogP contribution in [0.2, 0.25) is 0 Å². The summed E-state index contributed by atoms with van der Waals surface area (Å²) in [5, 5.41) is 0. The fourth-order valence-corrected chi connectivity index (χ4v) is 3.59. The molecule has 0 radical (unpaired) electrons. The summed E-state index contributed by atoms with van der Waals surface area (Å²) in [6.07, 6.45) is 2.55. The maximum absolute atomic E-state index is 13.0. The maximum atomic E-state index is 13.0. The van der Waals surface area contributed by atoms with Crippen LogP contribution < -0.4 is 0 Å². The fourth-order valence-electron chi connectivity index (χ4n) is 3.59. The van der Waals surface area contributed by atoms with Gasteiger partial charge in [0.2, 0.25) is 5.78 Å². The molecule has 0 N–H and O–H groups in total. The lowest BCUT2D eigenvalue weighted by molar-refractivity contribution is -0.149. The molecule has 0 aliphatic carbocycles. The van der Waals surface area contributed by atoms with Gasteiger partial charge in [0, 0.05) is 17.8 Å². The van der Waals surface area contributed by atoms with Crippen molar-refractivity contribution in [2.75, 3.05) is 0 Å². The number of ether oxygens (including phenoxy) is 1. The van der Waals surface area contributed by atoms with E-state index in [1.807, 2.05) is 61.7 Å². The van der Waals surface area contributed by atoms with Crippen LogP contribution in [0.5, 0.6) is 0 Å². The minimum atomic E-state index is -0.291. The molecule has 0 saturated heterocycles. The first-order valence-corrected chi connectivity index (χ1v) is 8.99. The molecule has 0 saturated carbocycles. The SMILES string of the molecule is Cc1cc2n(c1C(=O)c1ccccc1)CCCCC2C(=O)OC(C)C. The Morgan fingerprint density at radius 3 is 2.56 bits per heavy atom. The molecule has 1 aliphatic rings. The second-order valence-electron chi connectivity index (χ2n) is 6.98. The third kappa shape index (κ3) is 3.53. The number of aromatic nitrogens is 1. The molecule has 25 heavy (non-hydrogen) atoms. The Balaban J connectivity index is 2.02. The van der Waals surface area contributed by atoms with Gasteiger partial charge in [-0.3, -0.25) is 9.59 Å². The van der Waals surface area contributed by atoms with Crippen molar-refractivity contribution < 1.29 is 14.3 Å². The van der Waals surface area contributed by atoms with E-state index >= 15 is 0 Å². The number of ketones is 1. The summed E-state index contributed by atoms with van der Waals surface area (Å²) in [4.78, 5) is 25.6. The summed E-state index contributed by atoms with van der Waals surface area (Å²) in [7, 11) is 0. The summed E-state index contributed by atoms with van der Waals surface area (Å²) in [5.41, 5.74) is 3.22. The highest BCUT2D eigenvalue weighted by Gasteiger charge is 2.31. The van der Waals surface area contributed by atoms with Crippen LogP contribution in [0.15, 0.2) is 36.4 Å². The summed E-state index contributed by atoms with van der Waals surface area (Å²) in [6, 6.07) is 11.3. The molecule has 0 fully saturated rings. The lowest BCUT2D eigenvalue weighted by atomic mass is 9.99. The van der Waals surface area contributed by atoms with Crippen molar-refractivity contribution in [3.05, 3.63) is 58.9 Å². The number of hydrogen-bond acceptors (Lipinski definition) is 3. The Labute approximate surface area is 148 Å². The number of esters is 1. The van der Waals surface area contributed by atoms with E-state index in [9.17, 15) is 9.59 Å². The summed E-state index contributed by atoms with van der Waals surface area (Å²) >= 11 is 0. The van der Waals surface area contributed by atoms with E-state index in [0.29, 0.717) is 11.3 Å². The van der Waals surface area contributed by atoms with Crippen molar-refractivity contribution in [2.45, 2.75) is 58.6 Å². The van der Waals surface area contributed by atoms with Crippen molar-refractivity contribution >= 4 is 11.8 Å². The first kappa shape index (κ1) is 17.5. The van der Waals surface area contributed by atoms with Crippen LogP contribution in [0.25, 0.3) is 0 Å². The molecule has 3 rings (SSSR count). The number of rotatable bonds is 4. The van der Waals surface area contributed by atoms with Gasteiger partial charge in [-0.25, -0.2) is 0 Å². The van der Waals surface area contributed by atoms with Crippen molar-refractivity contribution in [2.24, 2.45) is 0 Å². The quantitative estimate of drug-likeness (QED) is 0.618. The van der Waals surface area contributed by atoms with E-state index in [4.69, 9.17) is 4.74 Å². The van der Waals surface area contributed by atoms with E-state index < -0.39 is 0 Å². The molecule has 1 aliphatic heterocycles. The zero-order chi connectivity index (χ0) is 18.0. The zero-order valence-corrected chi connectivity index (χ0v) is 15.1. The Kier molecular flexibility index (Phi) is 5.07. The number of nitrogens with zero attached hydrogens (tertiary/aromatic N) is 1. The van der Waals surface area contributed by atoms with Crippen molar-refractivity contribution in [3.63, 3.8) is 0 Å². The largest absolute Gasteiger partial charge is 0.462 e. The molecule has 0 bridgehead atoms. The van der Waals surface area contributed by atoms with Crippen LogP contribution >= 0.6 is 0 Å². The number of benzene rings is 1. The summed E-state index contributed by atoms with van der Waals surface area (Å²) < 4.78 is 7.50. The molecule has 1 aromatic heterocycles. The molecule has 1 unspecified atom stereocenters. The number of carbonyl (C=O) groups excluding carboxylic acids is 2. The topological polar surface area (TPSA) is 48.3 Å². The molecule has 0 amide bonds. The average molecular weight is 339 g/mol. The third-order valence-corrected chi connectivity index (χ3v) is 4.69. The normalized spacial score (nSPS) is 17.0. The van der Waals surface area contributed by atoms with Gasteiger partial charge in [-0.15, -0.1) is 0 Å². The molecule has 2 aromatic rings. The van der Waals surface area contributed by atoms with Gasteiger partial charge < -0.3 is 9.30 Å². The monoisotopic (exact) mass is 339 g/mol. The first-order valence-electron chi connectivity index (χ1n) is 8.99. The molecule has 4 nitrogen and oxygen atoms in total. The number of fused-ring (bicyclic) bond motifs is 1. The molecular formula is C21H25NO3. The first-order chi connectivity index (χ1) is 12.0. The molecule has 1 aromatic carbocycles. The van der Waals surface area contributed by atoms with Crippen LogP contribution in [-0.4, -0.2) is 22.4 Å². The van der Waals surface area contributed by atoms with Gasteiger partial charge in [0.15, 0.2) is 0 Å². The molecule has 4 heteroatoms. The second kappa shape index (κ2) is 7.26. The van der Waals surface area contributed by atoms with Gasteiger partial charge in [0.25, 0.3) is 0 Å². The molecule has 1 atom stereocenters. The molecule has 2 heterocycles.